The van der Waals surface area contributed by atoms with E-state index >= 15 is 0 Å². The van der Waals surface area contributed by atoms with Gasteiger partial charge in [0.2, 0.25) is 10.0 Å². The lowest BCUT2D eigenvalue weighted by Crippen LogP contribution is -2.27. The second-order valence-corrected chi connectivity index (χ2v) is 6.28. The Hall–Kier alpha value is -1.08. The van der Waals surface area contributed by atoms with Gasteiger partial charge in [0.25, 0.3) is 0 Å². The number of sulfonamides is 1. The van der Waals surface area contributed by atoms with Gasteiger partial charge >= 0.3 is 0 Å². The van der Waals surface area contributed by atoms with Gasteiger partial charge in [0.05, 0.1) is 24.2 Å². The van der Waals surface area contributed by atoms with Gasteiger partial charge in [-0.3, -0.25) is 9.40 Å². The Labute approximate surface area is 115 Å². The molecule has 0 saturated heterocycles. The first-order valence-electron chi connectivity index (χ1n) is 6.76. The fourth-order valence-electron chi connectivity index (χ4n) is 1.82. The normalized spacial score (nSPS) is 12.0. The molecule has 0 aliphatic rings. The van der Waals surface area contributed by atoms with Gasteiger partial charge in [-0.1, -0.05) is 20.8 Å². The number of likely N-dealkylation sites (N-methyl/N-ethyl adjacent to an activating group) is 1. The van der Waals surface area contributed by atoms with E-state index in [9.17, 15) is 8.42 Å². The van der Waals surface area contributed by atoms with Gasteiger partial charge in [0.15, 0.2) is 0 Å². The van der Waals surface area contributed by atoms with E-state index in [-0.39, 0.29) is 5.75 Å². The molecule has 0 unspecified atom stereocenters. The number of aromatic nitrogens is 2. The fourth-order valence-corrected chi connectivity index (χ4v) is 2.93. The zero-order valence-electron chi connectivity index (χ0n) is 12.0. The van der Waals surface area contributed by atoms with Crippen LogP contribution in [-0.2, 0) is 16.6 Å². The molecule has 0 amide bonds. The molecule has 6 nitrogen and oxygen atoms in total. The number of anilines is 1. The number of hydrogen-bond acceptors (Lipinski definition) is 4. The van der Waals surface area contributed by atoms with E-state index in [2.05, 4.69) is 28.6 Å². The second kappa shape index (κ2) is 7.49. The highest BCUT2D eigenvalue weighted by Gasteiger charge is 2.10. The van der Waals surface area contributed by atoms with Gasteiger partial charge in [-0.15, -0.1) is 0 Å². The number of nitrogens with one attached hydrogen (secondary N) is 1. The van der Waals surface area contributed by atoms with Gasteiger partial charge < -0.3 is 4.90 Å². The van der Waals surface area contributed by atoms with Crippen LogP contribution < -0.4 is 4.72 Å². The van der Waals surface area contributed by atoms with Crippen LogP contribution in [0.2, 0.25) is 0 Å². The SMILES string of the molecule is CCCS(=O)(=O)Nc1cnn(CCN(CC)CC)c1. The van der Waals surface area contributed by atoms with E-state index in [0.29, 0.717) is 12.1 Å². The van der Waals surface area contributed by atoms with Gasteiger partial charge in [0, 0.05) is 12.7 Å². The molecule has 1 aromatic rings. The van der Waals surface area contributed by atoms with Crippen LogP contribution in [0.4, 0.5) is 5.69 Å². The summed E-state index contributed by atoms with van der Waals surface area (Å²) in [6.45, 7) is 9.77. The average Bonchev–Trinajstić information content (AvgIpc) is 2.77. The molecule has 0 radical (unpaired) electrons. The quantitative estimate of drug-likeness (QED) is 0.745. The third kappa shape index (κ3) is 5.61. The van der Waals surface area contributed by atoms with E-state index < -0.39 is 10.0 Å². The van der Waals surface area contributed by atoms with Crippen molar-refractivity contribution in [3.8, 4) is 0 Å². The third-order valence-electron chi connectivity index (χ3n) is 2.92. The third-order valence-corrected chi connectivity index (χ3v) is 4.41. The van der Waals surface area contributed by atoms with Gasteiger partial charge in [-0.2, -0.15) is 5.10 Å². The molecular weight excluding hydrogens is 264 g/mol. The van der Waals surface area contributed by atoms with Crippen LogP contribution in [0.1, 0.15) is 27.2 Å². The van der Waals surface area contributed by atoms with Crippen molar-refractivity contribution in [2.75, 3.05) is 30.1 Å². The highest BCUT2D eigenvalue weighted by atomic mass is 32.2. The summed E-state index contributed by atoms with van der Waals surface area (Å²) in [4.78, 5) is 2.29. The molecule has 0 aliphatic carbocycles. The molecule has 0 aliphatic heterocycles. The first-order chi connectivity index (χ1) is 9.00. The first kappa shape index (κ1) is 16.0. The van der Waals surface area contributed by atoms with Crippen molar-refractivity contribution in [2.24, 2.45) is 0 Å². The smallest absolute Gasteiger partial charge is 0.232 e. The Balaban J connectivity index is 2.53. The summed E-state index contributed by atoms with van der Waals surface area (Å²) >= 11 is 0. The maximum absolute atomic E-state index is 11.6. The zero-order valence-corrected chi connectivity index (χ0v) is 12.8. The molecule has 1 aromatic heterocycles. The van der Waals surface area contributed by atoms with E-state index in [1.807, 2.05) is 6.92 Å². The molecule has 19 heavy (non-hydrogen) atoms. The maximum atomic E-state index is 11.6. The predicted octanol–water partition coefficient (Wildman–Crippen LogP) is 1.38. The Kier molecular flexibility index (Phi) is 6.30. The van der Waals surface area contributed by atoms with Crippen molar-refractivity contribution in [3.05, 3.63) is 12.4 Å². The molecule has 0 atom stereocenters. The summed E-state index contributed by atoms with van der Waals surface area (Å²) in [5.74, 6) is 0.137. The van der Waals surface area contributed by atoms with Crippen molar-refractivity contribution >= 4 is 15.7 Å². The summed E-state index contributed by atoms with van der Waals surface area (Å²) in [5.41, 5.74) is 0.535. The lowest BCUT2D eigenvalue weighted by Gasteiger charge is -2.17. The summed E-state index contributed by atoms with van der Waals surface area (Å²) in [6.07, 6.45) is 3.89. The topological polar surface area (TPSA) is 67.2 Å². The van der Waals surface area contributed by atoms with Crippen molar-refractivity contribution in [1.29, 1.82) is 0 Å². The molecule has 0 aromatic carbocycles. The fraction of sp³-hybridized carbons (Fsp3) is 0.750. The van der Waals surface area contributed by atoms with E-state index in [1.54, 1.807) is 17.1 Å². The maximum Gasteiger partial charge on any atom is 0.232 e. The minimum Gasteiger partial charge on any atom is -0.302 e. The van der Waals surface area contributed by atoms with Crippen LogP contribution in [-0.4, -0.2) is 48.5 Å². The lowest BCUT2D eigenvalue weighted by molar-refractivity contribution is 0.285. The van der Waals surface area contributed by atoms with Crippen LogP contribution in [0, 0.1) is 0 Å². The molecule has 110 valence electrons. The number of hydrogen-bond donors (Lipinski definition) is 1. The second-order valence-electron chi connectivity index (χ2n) is 4.44. The summed E-state index contributed by atoms with van der Waals surface area (Å²) < 4.78 is 27.5. The van der Waals surface area contributed by atoms with Crippen LogP contribution >= 0.6 is 0 Å². The van der Waals surface area contributed by atoms with Gasteiger partial charge in [-0.05, 0) is 19.5 Å². The van der Waals surface area contributed by atoms with Gasteiger partial charge in [-0.25, -0.2) is 8.42 Å². The standard InChI is InChI=1S/C12H24N4O2S/c1-4-9-19(17,18)14-12-10-13-16(11-12)8-7-15(5-2)6-3/h10-11,14H,4-9H2,1-3H3. The van der Waals surface area contributed by atoms with Crippen LogP contribution in [0.5, 0.6) is 0 Å². The molecule has 0 spiro atoms. The Morgan fingerprint density at radius 1 is 1.32 bits per heavy atom. The molecule has 1 rings (SSSR count). The van der Waals surface area contributed by atoms with Crippen molar-refractivity contribution < 1.29 is 8.42 Å². The summed E-state index contributed by atoms with van der Waals surface area (Å²) in [6, 6.07) is 0. The molecule has 7 heteroatoms. The Morgan fingerprint density at radius 3 is 2.58 bits per heavy atom. The monoisotopic (exact) mass is 288 g/mol. The Bertz CT molecular complexity index is 466. The summed E-state index contributed by atoms with van der Waals surface area (Å²) in [7, 11) is -3.23. The van der Waals surface area contributed by atoms with Crippen molar-refractivity contribution in [2.45, 2.75) is 33.7 Å². The van der Waals surface area contributed by atoms with Gasteiger partial charge in [0.1, 0.15) is 0 Å². The highest BCUT2D eigenvalue weighted by molar-refractivity contribution is 7.92. The predicted molar refractivity (Wildman–Crippen MR) is 77.7 cm³/mol. The highest BCUT2D eigenvalue weighted by Crippen LogP contribution is 2.08. The zero-order chi connectivity index (χ0) is 14.3. The van der Waals surface area contributed by atoms with Crippen LogP contribution in [0.15, 0.2) is 12.4 Å². The molecule has 0 saturated carbocycles. The molecule has 0 fully saturated rings. The molecule has 0 bridgehead atoms. The number of nitrogens with zero attached hydrogens (tertiary/aromatic N) is 3. The summed E-state index contributed by atoms with van der Waals surface area (Å²) in [5, 5.41) is 4.16. The molecule has 1 N–H and O–H groups in total. The average molecular weight is 288 g/mol. The number of rotatable bonds is 9. The minimum atomic E-state index is -3.23. The molecule has 1 heterocycles. The van der Waals surface area contributed by atoms with Crippen LogP contribution in [0.3, 0.4) is 0 Å². The van der Waals surface area contributed by atoms with E-state index in [1.165, 1.54) is 0 Å². The minimum absolute atomic E-state index is 0.137. The van der Waals surface area contributed by atoms with E-state index in [0.717, 1.165) is 26.2 Å². The van der Waals surface area contributed by atoms with Crippen molar-refractivity contribution in [3.63, 3.8) is 0 Å². The first-order valence-corrected chi connectivity index (χ1v) is 8.41. The largest absolute Gasteiger partial charge is 0.302 e. The van der Waals surface area contributed by atoms with Crippen LogP contribution in [0.25, 0.3) is 0 Å². The van der Waals surface area contributed by atoms with Crippen molar-refractivity contribution in [1.82, 2.24) is 14.7 Å². The lowest BCUT2D eigenvalue weighted by atomic mass is 10.4. The molecular formula is C12H24N4O2S. The van der Waals surface area contributed by atoms with E-state index in [4.69, 9.17) is 0 Å². The Morgan fingerprint density at radius 2 is 2.00 bits per heavy atom.